The van der Waals surface area contributed by atoms with Gasteiger partial charge in [0.15, 0.2) is 0 Å². The van der Waals surface area contributed by atoms with Crippen molar-refractivity contribution >= 4 is 11.6 Å². The third-order valence-corrected chi connectivity index (χ3v) is 3.56. The minimum Gasteiger partial charge on any atom is -0.299 e. The van der Waals surface area contributed by atoms with Crippen molar-refractivity contribution in [3.05, 3.63) is 0 Å². The van der Waals surface area contributed by atoms with Gasteiger partial charge in [-0.3, -0.25) is 9.59 Å². The number of Topliss-reactive ketones (excluding diaryl/α,β-unsaturated/α-hetero) is 2. The fourth-order valence-electron chi connectivity index (χ4n) is 2.74. The first-order valence-electron chi connectivity index (χ1n) is 5.24. The van der Waals surface area contributed by atoms with E-state index in [1.54, 1.807) is 0 Å². The van der Waals surface area contributed by atoms with Crippen LogP contribution in [0.25, 0.3) is 0 Å². The van der Waals surface area contributed by atoms with Gasteiger partial charge in [0.1, 0.15) is 11.6 Å². The smallest absolute Gasteiger partial charge is 0.137 e. The second-order valence-electron chi connectivity index (χ2n) is 4.56. The molecule has 72 valence electrons. The van der Waals surface area contributed by atoms with Crippen LogP contribution in [0.15, 0.2) is 0 Å². The summed E-state index contributed by atoms with van der Waals surface area (Å²) in [6.07, 6.45) is 4.05. The van der Waals surface area contributed by atoms with Crippen LogP contribution in [0.4, 0.5) is 0 Å². The van der Waals surface area contributed by atoms with Crippen LogP contribution in [-0.2, 0) is 9.59 Å². The number of hydrogen-bond acceptors (Lipinski definition) is 2. The van der Waals surface area contributed by atoms with Crippen LogP contribution in [0, 0.1) is 17.8 Å². The van der Waals surface area contributed by atoms with Crippen LogP contribution in [0.2, 0.25) is 0 Å². The number of fused-ring (bicyclic) bond motifs is 1. The number of ketones is 2. The summed E-state index contributed by atoms with van der Waals surface area (Å²) in [4.78, 5) is 23.1. The maximum Gasteiger partial charge on any atom is 0.137 e. The third kappa shape index (κ3) is 1.54. The molecule has 0 saturated heterocycles. The van der Waals surface area contributed by atoms with E-state index >= 15 is 0 Å². The topological polar surface area (TPSA) is 34.1 Å². The zero-order chi connectivity index (χ0) is 9.42. The molecular weight excluding hydrogens is 164 g/mol. The molecule has 0 heterocycles. The van der Waals surface area contributed by atoms with Crippen molar-refractivity contribution < 1.29 is 9.59 Å². The molecule has 0 amide bonds. The van der Waals surface area contributed by atoms with Crippen molar-refractivity contribution in [3.63, 3.8) is 0 Å². The van der Waals surface area contributed by atoms with Gasteiger partial charge in [0, 0.05) is 24.7 Å². The molecule has 3 atom stereocenters. The first-order valence-corrected chi connectivity index (χ1v) is 5.24. The molecule has 0 radical (unpaired) electrons. The van der Waals surface area contributed by atoms with E-state index in [1.807, 2.05) is 0 Å². The van der Waals surface area contributed by atoms with Gasteiger partial charge in [0.05, 0.1) is 0 Å². The molecule has 13 heavy (non-hydrogen) atoms. The Morgan fingerprint density at radius 3 is 2.31 bits per heavy atom. The predicted molar refractivity (Wildman–Crippen MR) is 49.2 cm³/mol. The van der Waals surface area contributed by atoms with Gasteiger partial charge in [-0.1, -0.05) is 6.92 Å². The lowest BCUT2D eigenvalue weighted by Crippen LogP contribution is -2.39. The lowest BCUT2D eigenvalue weighted by atomic mass is 9.67. The number of carbonyl (C=O) groups excluding carboxylic acids is 2. The summed E-state index contributed by atoms with van der Waals surface area (Å²) in [6.45, 7) is 2.18. The first-order chi connectivity index (χ1) is 6.18. The molecule has 0 aromatic heterocycles. The molecule has 2 rings (SSSR count). The second kappa shape index (κ2) is 3.24. The number of carbonyl (C=O) groups is 2. The van der Waals surface area contributed by atoms with E-state index in [-0.39, 0.29) is 11.8 Å². The van der Waals surface area contributed by atoms with Crippen LogP contribution in [-0.4, -0.2) is 11.6 Å². The minimum absolute atomic E-state index is 0.0880. The van der Waals surface area contributed by atoms with E-state index in [4.69, 9.17) is 0 Å². The molecule has 0 aliphatic heterocycles. The van der Waals surface area contributed by atoms with Gasteiger partial charge in [-0.05, 0) is 25.2 Å². The van der Waals surface area contributed by atoms with Crippen molar-refractivity contribution in [2.75, 3.05) is 0 Å². The second-order valence-corrected chi connectivity index (χ2v) is 4.56. The van der Waals surface area contributed by atoms with Crippen LogP contribution < -0.4 is 0 Å². The largest absolute Gasteiger partial charge is 0.299 e. The fourth-order valence-corrected chi connectivity index (χ4v) is 2.74. The zero-order valence-electron chi connectivity index (χ0n) is 8.08. The summed E-state index contributed by atoms with van der Waals surface area (Å²) >= 11 is 0. The van der Waals surface area contributed by atoms with Crippen molar-refractivity contribution in [2.45, 2.75) is 39.0 Å². The highest BCUT2D eigenvalue weighted by Crippen LogP contribution is 2.38. The van der Waals surface area contributed by atoms with E-state index in [2.05, 4.69) is 6.92 Å². The van der Waals surface area contributed by atoms with E-state index in [0.717, 1.165) is 19.3 Å². The summed E-state index contributed by atoms with van der Waals surface area (Å²) in [6, 6.07) is 0. The number of hydrogen-bond donors (Lipinski definition) is 0. The van der Waals surface area contributed by atoms with Crippen LogP contribution >= 0.6 is 0 Å². The van der Waals surface area contributed by atoms with E-state index in [9.17, 15) is 9.59 Å². The summed E-state index contributed by atoms with van der Waals surface area (Å²) in [7, 11) is 0. The predicted octanol–water partition coefficient (Wildman–Crippen LogP) is 1.97. The summed E-state index contributed by atoms with van der Waals surface area (Å²) in [5.41, 5.74) is 0. The highest BCUT2D eigenvalue weighted by molar-refractivity contribution is 5.96. The SMILES string of the molecule is C[C@@H]1CC[C@@H]2C(=O)CCC(=O)[C@H]2C1. The monoisotopic (exact) mass is 180 g/mol. The zero-order valence-corrected chi connectivity index (χ0v) is 8.08. The Bertz CT molecular complexity index is 244. The summed E-state index contributed by atoms with van der Waals surface area (Å²) < 4.78 is 0. The van der Waals surface area contributed by atoms with Gasteiger partial charge < -0.3 is 0 Å². The first kappa shape index (κ1) is 8.92. The average Bonchev–Trinajstić information content (AvgIpc) is 2.12. The molecule has 2 fully saturated rings. The molecule has 0 aromatic rings. The molecule has 2 saturated carbocycles. The third-order valence-electron chi connectivity index (χ3n) is 3.56. The highest BCUT2D eigenvalue weighted by atomic mass is 16.1. The van der Waals surface area contributed by atoms with Crippen LogP contribution in [0.1, 0.15) is 39.0 Å². The van der Waals surface area contributed by atoms with Crippen LogP contribution in [0.5, 0.6) is 0 Å². The van der Waals surface area contributed by atoms with Crippen LogP contribution in [0.3, 0.4) is 0 Å². The molecular formula is C11H16O2. The average molecular weight is 180 g/mol. The summed E-state index contributed by atoms with van der Waals surface area (Å²) in [5, 5.41) is 0. The Kier molecular flexibility index (Phi) is 2.22. The lowest BCUT2D eigenvalue weighted by molar-refractivity contribution is -0.140. The fraction of sp³-hybridized carbons (Fsp3) is 0.818. The molecule has 0 unspecified atom stereocenters. The molecule has 0 aromatic carbocycles. The Hall–Kier alpha value is -0.660. The molecule has 2 aliphatic rings. The Labute approximate surface area is 78.7 Å². The standard InChI is InChI=1S/C11H16O2/c1-7-2-3-8-9(6-7)11(13)5-4-10(8)12/h7-9H,2-6H2,1H3/t7-,8+,9+/m1/s1. The van der Waals surface area contributed by atoms with Gasteiger partial charge in [0.2, 0.25) is 0 Å². The Morgan fingerprint density at radius 2 is 1.62 bits per heavy atom. The van der Waals surface area contributed by atoms with Crippen molar-refractivity contribution in [1.29, 1.82) is 0 Å². The normalized spacial score (nSPS) is 40.2. The molecule has 2 heteroatoms. The van der Waals surface area contributed by atoms with E-state index < -0.39 is 0 Å². The van der Waals surface area contributed by atoms with Gasteiger partial charge in [-0.2, -0.15) is 0 Å². The molecule has 0 spiro atoms. The Morgan fingerprint density at radius 1 is 1.00 bits per heavy atom. The van der Waals surface area contributed by atoms with E-state index in [1.165, 1.54) is 0 Å². The highest BCUT2D eigenvalue weighted by Gasteiger charge is 2.40. The quantitative estimate of drug-likeness (QED) is 0.571. The maximum atomic E-state index is 11.6. The van der Waals surface area contributed by atoms with E-state index in [0.29, 0.717) is 30.3 Å². The minimum atomic E-state index is 0.0880. The summed E-state index contributed by atoms with van der Waals surface area (Å²) in [5.74, 6) is 1.51. The maximum absolute atomic E-state index is 11.6. The van der Waals surface area contributed by atoms with Gasteiger partial charge in [0.25, 0.3) is 0 Å². The molecule has 2 nitrogen and oxygen atoms in total. The van der Waals surface area contributed by atoms with Gasteiger partial charge >= 0.3 is 0 Å². The van der Waals surface area contributed by atoms with Crippen molar-refractivity contribution in [1.82, 2.24) is 0 Å². The molecule has 2 aliphatic carbocycles. The molecule has 0 bridgehead atoms. The molecule has 0 N–H and O–H groups in total. The Balaban J connectivity index is 2.15. The van der Waals surface area contributed by atoms with Crippen molar-refractivity contribution in [3.8, 4) is 0 Å². The van der Waals surface area contributed by atoms with Gasteiger partial charge in [-0.25, -0.2) is 0 Å². The number of rotatable bonds is 0. The van der Waals surface area contributed by atoms with Gasteiger partial charge in [-0.15, -0.1) is 0 Å². The lowest BCUT2D eigenvalue weighted by Gasteiger charge is -2.35. The van der Waals surface area contributed by atoms with Crippen molar-refractivity contribution in [2.24, 2.45) is 17.8 Å².